The zero-order valence-corrected chi connectivity index (χ0v) is 37.9. The SMILES string of the molecule is c1ccc(-c2nc(-c3ccccc3)nc(-c3cccc(-c4cccc(-n5c6ccc(-c7cc8c(c9ccccc79)c7ccccc7n8-c7ccccc7)cc6c6c7ccccc7ccc65)c4)c3)n2)cc1. The van der Waals surface area contributed by atoms with E-state index in [-0.39, 0.29) is 0 Å². The molecule has 0 atom stereocenters. The van der Waals surface area contributed by atoms with E-state index in [0.29, 0.717) is 17.5 Å². The Balaban J connectivity index is 0.942. The van der Waals surface area contributed by atoms with Crippen molar-refractivity contribution in [2.75, 3.05) is 0 Å². The Hall–Kier alpha value is -9.45. The van der Waals surface area contributed by atoms with Gasteiger partial charge in [0.2, 0.25) is 0 Å². The Bertz CT molecular complexity index is 4280. The maximum atomic E-state index is 5.05. The molecule has 0 N–H and O–H groups in total. The Morgan fingerprint density at radius 3 is 1.49 bits per heavy atom. The summed E-state index contributed by atoms with van der Waals surface area (Å²) in [5.74, 6) is 1.91. The summed E-state index contributed by atoms with van der Waals surface area (Å²) in [6.45, 7) is 0. The molecule has 5 heteroatoms. The molecule has 14 aromatic rings. The van der Waals surface area contributed by atoms with Gasteiger partial charge in [0.25, 0.3) is 0 Å². The number of hydrogen-bond donors (Lipinski definition) is 0. The lowest BCUT2D eigenvalue weighted by molar-refractivity contribution is 1.07. The van der Waals surface area contributed by atoms with Gasteiger partial charge in [-0.1, -0.05) is 188 Å². The second kappa shape index (κ2) is 16.1. The van der Waals surface area contributed by atoms with Crippen molar-refractivity contribution in [2.45, 2.75) is 0 Å². The van der Waals surface area contributed by atoms with Crippen LogP contribution in [0.25, 0.3) is 133 Å². The molecule has 0 saturated heterocycles. The third-order valence-electron chi connectivity index (χ3n) is 13.9. The Labute approximate surface area is 403 Å². The average Bonchev–Trinajstić information content (AvgIpc) is 3.96. The quantitative estimate of drug-likeness (QED) is 0.160. The number of nitrogens with zero attached hydrogens (tertiary/aromatic N) is 5. The fraction of sp³-hybridized carbons (Fsp3) is 0. The second-order valence-corrected chi connectivity index (χ2v) is 18.0. The van der Waals surface area contributed by atoms with Gasteiger partial charge in [-0.05, 0) is 104 Å². The lowest BCUT2D eigenvalue weighted by Gasteiger charge is -2.13. The monoisotopic (exact) mass is 891 g/mol. The first-order valence-corrected chi connectivity index (χ1v) is 23.8. The van der Waals surface area contributed by atoms with Crippen molar-refractivity contribution in [3.05, 3.63) is 249 Å². The maximum absolute atomic E-state index is 5.05. The molecule has 0 amide bonds. The summed E-state index contributed by atoms with van der Waals surface area (Å²) in [6.07, 6.45) is 0. The Morgan fingerprint density at radius 2 is 0.743 bits per heavy atom. The summed E-state index contributed by atoms with van der Waals surface area (Å²) >= 11 is 0. The summed E-state index contributed by atoms with van der Waals surface area (Å²) in [5, 5.41) is 9.91. The van der Waals surface area contributed by atoms with E-state index >= 15 is 0 Å². The van der Waals surface area contributed by atoms with Crippen molar-refractivity contribution < 1.29 is 0 Å². The molecule has 0 radical (unpaired) electrons. The topological polar surface area (TPSA) is 48.5 Å². The summed E-state index contributed by atoms with van der Waals surface area (Å²) in [6, 6.07) is 89.0. The standard InChI is InChI=1S/C65H41N5/c1-4-19-43(20-5-1)63-66-64(44-21-6-2-7-22-44)68-65(67-63)48-25-16-23-45(38-48)46-24-17-28-50(39-46)70-58-36-35-47(40-56(58)61-51-29-11-10-18-42(51)34-37-59(61)70)55-41-60-62(53-31-13-12-30-52(53)55)54-32-14-15-33-57(54)69(60)49-26-8-3-9-27-49/h1-41H. The van der Waals surface area contributed by atoms with Crippen LogP contribution in [0.4, 0.5) is 0 Å². The summed E-state index contributed by atoms with van der Waals surface area (Å²) in [5.41, 5.74) is 14.3. The molecule has 11 aromatic carbocycles. The molecular weight excluding hydrogens is 851 g/mol. The largest absolute Gasteiger partial charge is 0.309 e. The van der Waals surface area contributed by atoms with Gasteiger partial charge < -0.3 is 9.13 Å². The predicted molar refractivity (Wildman–Crippen MR) is 291 cm³/mol. The molecule has 0 bridgehead atoms. The fourth-order valence-electron chi connectivity index (χ4n) is 10.8. The van der Waals surface area contributed by atoms with Crippen LogP contribution in [0.15, 0.2) is 249 Å². The van der Waals surface area contributed by atoms with Crippen LogP contribution in [-0.2, 0) is 0 Å². The Morgan fingerprint density at radius 1 is 0.243 bits per heavy atom. The van der Waals surface area contributed by atoms with Crippen LogP contribution in [0, 0.1) is 0 Å². The van der Waals surface area contributed by atoms with Crippen molar-refractivity contribution >= 4 is 65.2 Å². The van der Waals surface area contributed by atoms with E-state index < -0.39 is 0 Å². The van der Waals surface area contributed by atoms with Crippen molar-refractivity contribution in [1.82, 2.24) is 24.1 Å². The fourth-order valence-corrected chi connectivity index (χ4v) is 10.8. The summed E-state index contributed by atoms with van der Waals surface area (Å²) in [4.78, 5) is 15.0. The van der Waals surface area contributed by atoms with Gasteiger partial charge >= 0.3 is 0 Å². The highest BCUT2D eigenvalue weighted by Gasteiger charge is 2.21. The van der Waals surface area contributed by atoms with Gasteiger partial charge in [-0.15, -0.1) is 0 Å². The first-order valence-electron chi connectivity index (χ1n) is 23.8. The summed E-state index contributed by atoms with van der Waals surface area (Å²) in [7, 11) is 0. The maximum Gasteiger partial charge on any atom is 0.164 e. The van der Waals surface area contributed by atoms with Crippen molar-refractivity contribution in [2.24, 2.45) is 0 Å². The molecule has 70 heavy (non-hydrogen) atoms. The molecule has 14 rings (SSSR count). The molecule has 0 aliphatic heterocycles. The third-order valence-corrected chi connectivity index (χ3v) is 13.9. The number of benzene rings is 11. The highest BCUT2D eigenvalue weighted by Crippen LogP contribution is 2.44. The lowest BCUT2D eigenvalue weighted by Crippen LogP contribution is -2.00. The van der Waals surface area contributed by atoms with Crippen LogP contribution < -0.4 is 0 Å². The first kappa shape index (κ1) is 39.7. The molecule has 0 aliphatic carbocycles. The average molecular weight is 892 g/mol. The van der Waals surface area contributed by atoms with Gasteiger partial charge in [-0.25, -0.2) is 15.0 Å². The third kappa shape index (κ3) is 6.44. The minimum Gasteiger partial charge on any atom is -0.309 e. The van der Waals surface area contributed by atoms with Gasteiger partial charge in [-0.3, -0.25) is 0 Å². The van der Waals surface area contributed by atoms with Crippen LogP contribution in [0.1, 0.15) is 0 Å². The van der Waals surface area contributed by atoms with E-state index in [1.807, 2.05) is 60.7 Å². The van der Waals surface area contributed by atoms with Gasteiger partial charge in [0.05, 0.1) is 22.1 Å². The van der Waals surface area contributed by atoms with E-state index in [4.69, 9.17) is 15.0 Å². The predicted octanol–water partition coefficient (Wildman–Crippen LogP) is 16.7. The molecule has 0 unspecified atom stereocenters. The first-order chi connectivity index (χ1) is 34.7. The molecular formula is C65H41N5. The van der Waals surface area contributed by atoms with Crippen LogP contribution >= 0.6 is 0 Å². The summed E-state index contributed by atoms with van der Waals surface area (Å²) < 4.78 is 4.86. The highest BCUT2D eigenvalue weighted by atomic mass is 15.0. The van der Waals surface area contributed by atoms with E-state index in [0.717, 1.165) is 50.2 Å². The van der Waals surface area contributed by atoms with Gasteiger partial charge in [0.1, 0.15) is 0 Å². The van der Waals surface area contributed by atoms with Gasteiger partial charge in [-0.2, -0.15) is 0 Å². The minimum absolute atomic E-state index is 0.629. The minimum atomic E-state index is 0.629. The van der Waals surface area contributed by atoms with Crippen LogP contribution in [0.3, 0.4) is 0 Å². The lowest BCUT2D eigenvalue weighted by atomic mass is 9.93. The van der Waals surface area contributed by atoms with Gasteiger partial charge in [0.15, 0.2) is 17.5 Å². The normalized spacial score (nSPS) is 11.7. The number of fused-ring (bicyclic) bond motifs is 10. The molecule has 5 nitrogen and oxygen atoms in total. The Kier molecular flexibility index (Phi) is 9.14. The molecule has 3 heterocycles. The van der Waals surface area contributed by atoms with Crippen molar-refractivity contribution in [3.8, 4) is 67.8 Å². The van der Waals surface area contributed by atoms with E-state index in [2.05, 4.69) is 197 Å². The molecule has 0 saturated carbocycles. The van der Waals surface area contributed by atoms with E-state index in [9.17, 15) is 0 Å². The van der Waals surface area contributed by atoms with Crippen molar-refractivity contribution in [1.29, 1.82) is 0 Å². The molecule has 0 aliphatic rings. The van der Waals surface area contributed by atoms with E-state index in [1.165, 1.54) is 65.3 Å². The molecule has 0 spiro atoms. The number of para-hydroxylation sites is 2. The smallest absolute Gasteiger partial charge is 0.164 e. The zero-order valence-electron chi connectivity index (χ0n) is 37.9. The second-order valence-electron chi connectivity index (χ2n) is 18.0. The van der Waals surface area contributed by atoms with E-state index in [1.54, 1.807) is 0 Å². The van der Waals surface area contributed by atoms with Crippen LogP contribution in [0.2, 0.25) is 0 Å². The van der Waals surface area contributed by atoms with Crippen LogP contribution in [-0.4, -0.2) is 24.1 Å². The molecule has 0 fully saturated rings. The number of hydrogen-bond acceptors (Lipinski definition) is 3. The molecule has 326 valence electrons. The number of aromatic nitrogens is 5. The van der Waals surface area contributed by atoms with Gasteiger partial charge in [0, 0.05) is 49.6 Å². The van der Waals surface area contributed by atoms with Crippen LogP contribution in [0.5, 0.6) is 0 Å². The number of rotatable bonds is 7. The zero-order chi connectivity index (χ0) is 46.1. The highest BCUT2D eigenvalue weighted by molar-refractivity contribution is 6.26. The van der Waals surface area contributed by atoms with Crippen molar-refractivity contribution in [3.63, 3.8) is 0 Å². The molecule has 3 aromatic heterocycles.